The average Bonchev–Trinajstić information content (AvgIpc) is 2.30. The second kappa shape index (κ2) is 5.20. The van der Waals surface area contributed by atoms with Gasteiger partial charge in [0, 0.05) is 12.1 Å². The van der Waals surface area contributed by atoms with E-state index < -0.39 is 5.54 Å². The molecule has 0 aliphatic rings. The van der Waals surface area contributed by atoms with E-state index in [0.29, 0.717) is 6.54 Å². The van der Waals surface area contributed by atoms with E-state index >= 15 is 0 Å². The van der Waals surface area contributed by atoms with Crippen LogP contribution < -0.4 is 10.1 Å². The number of rotatable bonds is 4. The molecule has 0 aromatic heterocycles. The molecule has 0 bridgehead atoms. The summed E-state index contributed by atoms with van der Waals surface area (Å²) in [6, 6.07) is 6.36. The molecule has 17 heavy (non-hydrogen) atoms. The van der Waals surface area contributed by atoms with E-state index in [0.717, 1.165) is 11.3 Å². The second-order valence-electron chi connectivity index (χ2n) is 4.84. The highest BCUT2D eigenvalue weighted by Gasteiger charge is 2.16. The smallest absolute Gasteiger partial charge is 0.123 e. The quantitative estimate of drug-likeness (QED) is 0.868. The molecule has 1 aromatic carbocycles. The van der Waals surface area contributed by atoms with Crippen LogP contribution in [0.25, 0.3) is 0 Å². The van der Waals surface area contributed by atoms with E-state index in [1.807, 2.05) is 19.9 Å². The zero-order valence-electron chi connectivity index (χ0n) is 11.2. The van der Waals surface area contributed by atoms with Crippen molar-refractivity contribution in [3.05, 3.63) is 28.8 Å². The summed E-state index contributed by atoms with van der Waals surface area (Å²) in [6.07, 6.45) is 0. The third-order valence-corrected chi connectivity index (χ3v) is 2.90. The number of methoxy groups -OCH3 is 1. The first kappa shape index (κ1) is 13.5. The summed E-state index contributed by atoms with van der Waals surface area (Å²) in [5.74, 6) is 0.870. The van der Waals surface area contributed by atoms with Crippen LogP contribution in [0.5, 0.6) is 5.75 Å². The van der Waals surface area contributed by atoms with E-state index in [-0.39, 0.29) is 0 Å². The SMILES string of the molecule is COc1cc(C)c(C)cc1CNC(C)(C)C#N. The van der Waals surface area contributed by atoms with E-state index in [1.54, 1.807) is 7.11 Å². The maximum atomic E-state index is 8.95. The standard InChI is InChI=1S/C14H20N2O/c1-10-6-12(8-16-14(3,4)9-15)13(17-5)7-11(10)2/h6-7,16H,8H2,1-5H3. The van der Waals surface area contributed by atoms with E-state index in [1.165, 1.54) is 11.1 Å². The maximum absolute atomic E-state index is 8.95. The molecule has 0 atom stereocenters. The second-order valence-corrected chi connectivity index (χ2v) is 4.84. The molecule has 0 saturated heterocycles. The van der Waals surface area contributed by atoms with Crippen LogP contribution in [0, 0.1) is 25.2 Å². The molecular weight excluding hydrogens is 212 g/mol. The molecule has 0 heterocycles. The first-order valence-corrected chi connectivity index (χ1v) is 5.70. The molecule has 0 radical (unpaired) electrons. The summed E-state index contributed by atoms with van der Waals surface area (Å²) in [5.41, 5.74) is 3.01. The van der Waals surface area contributed by atoms with Crippen molar-refractivity contribution in [2.24, 2.45) is 0 Å². The number of hydrogen-bond acceptors (Lipinski definition) is 3. The zero-order valence-corrected chi connectivity index (χ0v) is 11.2. The Morgan fingerprint density at radius 3 is 2.41 bits per heavy atom. The molecule has 0 aliphatic carbocycles. The summed E-state index contributed by atoms with van der Waals surface area (Å²) in [6.45, 7) is 8.49. The molecule has 0 unspecified atom stereocenters. The first-order valence-electron chi connectivity index (χ1n) is 5.70. The summed E-state index contributed by atoms with van der Waals surface area (Å²) in [7, 11) is 1.67. The zero-order chi connectivity index (χ0) is 13.1. The monoisotopic (exact) mass is 232 g/mol. The van der Waals surface area contributed by atoms with Crippen LogP contribution in [-0.4, -0.2) is 12.6 Å². The molecule has 0 aliphatic heterocycles. The summed E-state index contributed by atoms with van der Waals surface area (Å²) >= 11 is 0. The molecular formula is C14H20N2O. The third kappa shape index (κ3) is 3.47. The van der Waals surface area contributed by atoms with Crippen molar-refractivity contribution in [1.29, 1.82) is 5.26 Å². The summed E-state index contributed by atoms with van der Waals surface area (Å²) < 4.78 is 5.36. The predicted octanol–water partition coefficient (Wildman–Crippen LogP) is 2.70. The summed E-state index contributed by atoms with van der Waals surface area (Å²) in [4.78, 5) is 0. The highest BCUT2D eigenvalue weighted by Crippen LogP contribution is 2.23. The molecule has 3 heteroatoms. The third-order valence-electron chi connectivity index (χ3n) is 2.90. The minimum Gasteiger partial charge on any atom is -0.496 e. The van der Waals surface area contributed by atoms with Gasteiger partial charge in [0.1, 0.15) is 11.3 Å². The van der Waals surface area contributed by atoms with Crippen molar-refractivity contribution in [2.75, 3.05) is 7.11 Å². The van der Waals surface area contributed by atoms with Gasteiger partial charge in [-0.1, -0.05) is 6.07 Å². The van der Waals surface area contributed by atoms with Gasteiger partial charge in [-0.3, -0.25) is 5.32 Å². The Hall–Kier alpha value is -1.53. The number of nitriles is 1. The van der Waals surface area contributed by atoms with Gasteiger partial charge in [-0.2, -0.15) is 5.26 Å². The topological polar surface area (TPSA) is 45.0 Å². The van der Waals surface area contributed by atoms with Gasteiger partial charge in [0.25, 0.3) is 0 Å². The largest absolute Gasteiger partial charge is 0.496 e. The first-order chi connectivity index (χ1) is 7.89. The molecule has 0 saturated carbocycles. The number of ether oxygens (including phenoxy) is 1. The van der Waals surface area contributed by atoms with Gasteiger partial charge in [-0.25, -0.2) is 0 Å². The predicted molar refractivity (Wildman–Crippen MR) is 69.0 cm³/mol. The lowest BCUT2D eigenvalue weighted by Gasteiger charge is -2.19. The fourth-order valence-electron chi connectivity index (χ4n) is 1.53. The van der Waals surface area contributed by atoms with Gasteiger partial charge >= 0.3 is 0 Å². The van der Waals surface area contributed by atoms with Crippen LogP contribution in [0.2, 0.25) is 0 Å². The highest BCUT2D eigenvalue weighted by atomic mass is 16.5. The van der Waals surface area contributed by atoms with Crippen molar-refractivity contribution in [3.8, 4) is 11.8 Å². The molecule has 1 rings (SSSR count). The molecule has 0 spiro atoms. The van der Waals surface area contributed by atoms with Crippen LogP contribution >= 0.6 is 0 Å². The minimum absolute atomic E-state index is 0.524. The molecule has 0 fully saturated rings. The van der Waals surface area contributed by atoms with E-state index in [9.17, 15) is 0 Å². The maximum Gasteiger partial charge on any atom is 0.123 e. The molecule has 1 aromatic rings. The van der Waals surface area contributed by atoms with Gasteiger partial charge in [-0.15, -0.1) is 0 Å². The Kier molecular flexibility index (Phi) is 4.14. The Bertz CT molecular complexity index is 444. The molecule has 1 N–H and O–H groups in total. The van der Waals surface area contributed by atoms with E-state index in [2.05, 4.69) is 31.3 Å². The van der Waals surface area contributed by atoms with Gasteiger partial charge < -0.3 is 4.74 Å². The van der Waals surface area contributed by atoms with Gasteiger partial charge in [0.2, 0.25) is 0 Å². The number of hydrogen-bond donors (Lipinski definition) is 1. The highest BCUT2D eigenvalue weighted by molar-refractivity contribution is 5.41. The Balaban J connectivity index is 2.92. The van der Waals surface area contributed by atoms with Crippen molar-refractivity contribution < 1.29 is 4.74 Å². The van der Waals surface area contributed by atoms with Crippen LogP contribution in [0.4, 0.5) is 0 Å². The van der Waals surface area contributed by atoms with Crippen molar-refractivity contribution in [2.45, 2.75) is 39.8 Å². The fraction of sp³-hybridized carbons (Fsp3) is 0.500. The number of nitrogens with one attached hydrogen (secondary N) is 1. The normalized spacial score (nSPS) is 11.1. The molecule has 0 amide bonds. The van der Waals surface area contributed by atoms with Crippen molar-refractivity contribution in [1.82, 2.24) is 5.32 Å². The Morgan fingerprint density at radius 2 is 1.88 bits per heavy atom. The minimum atomic E-state index is -0.524. The van der Waals surface area contributed by atoms with Gasteiger partial charge in [0.15, 0.2) is 0 Å². The Morgan fingerprint density at radius 1 is 1.29 bits per heavy atom. The van der Waals surface area contributed by atoms with Crippen molar-refractivity contribution in [3.63, 3.8) is 0 Å². The number of nitrogens with zero attached hydrogens (tertiary/aromatic N) is 1. The molecule has 92 valence electrons. The van der Waals surface area contributed by atoms with Gasteiger partial charge in [0.05, 0.1) is 13.2 Å². The van der Waals surface area contributed by atoms with Crippen LogP contribution in [0.15, 0.2) is 12.1 Å². The summed E-state index contributed by atoms with van der Waals surface area (Å²) in [5, 5.41) is 12.2. The molecule has 3 nitrogen and oxygen atoms in total. The fourth-order valence-corrected chi connectivity index (χ4v) is 1.53. The average molecular weight is 232 g/mol. The lowest BCUT2D eigenvalue weighted by atomic mass is 10.0. The number of benzene rings is 1. The van der Waals surface area contributed by atoms with Gasteiger partial charge in [-0.05, 0) is 44.9 Å². The Labute approximate surface area is 103 Å². The lowest BCUT2D eigenvalue weighted by molar-refractivity contribution is 0.402. The van der Waals surface area contributed by atoms with Crippen LogP contribution in [-0.2, 0) is 6.54 Å². The van der Waals surface area contributed by atoms with Crippen LogP contribution in [0.1, 0.15) is 30.5 Å². The van der Waals surface area contributed by atoms with Crippen molar-refractivity contribution >= 4 is 0 Å². The lowest BCUT2D eigenvalue weighted by Crippen LogP contribution is -2.37. The van der Waals surface area contributed by atoms with E-state index in [4.69, 9.17) is 10.00 Å². The number of aryl methyl sites for hydroxylation is 2. The van der Waals surface area contributed by atoms with Crippen LogP contribution in [0.3, 0.4) is 0 Å².